The first-order valence-corrected chi connectivity index (χ1v) is 13.4. The van der Waals surface area contributed by atoms with Gasteiger partial charge in [0.05, 0.1) is 27.6 Å². The minimum absolute atomic E-state index is 0.0520. The van der Waals surface area contributed by atoms with Crippen molar-refractivity contribution in [2.24, 2.45) is 5.10 Å². The van der Waals surface area contributed by atoms with Crippen LogP contribution in [0.3, 0.4) is 0 Å². The zero-order valence-corrected chi connectivity index (χ0v) is 24.0. The maximum Gasteiger partial charge on any atom is 0.335 e. The Labute approximate surface area is 239 Å². The Balaban J connectivity index is 1.80. The largest absolute Gasteiger partial charge is 0.481 e. The molecule has 1 atom stereocenters. The summed E-state index contributed by atoms with van der Waals surface area (Å²) in [5.41, 5.74) is 0.844. The van der Waals surface area contributed by atoms with Gasteiger partial charge in [-0.3, -0.25) is 14.9 Å². The summed E-state index contributed by atoms with van der Waals surface area (Å²) in [5, 5.41) is 25.8. The van der Waals surface area contributed by atoms with Crippen LogP contribution in [0.5, 0.6) is 5.75 Å². The Morgan fingerprint density at radius 1 is 1.18 bits per heavy atom. The lowest BCUT2D eigenvalue weighted by Gasteiger charge is -2.14. The van der Waals surface area contributed by atoms with Gasteiger partial charge in [-0.05, 0) is 48.4 Å². The molecule has 0 radical (unpaired) electrons. The fourth-order valence-corrected chi connectivity index (χ4v) is 4.61. The number of nitro groups is 1. The number of benzene rings is 3. The number of hydrogen-bond donors (Lipinski definition) is 1. The highest BCUT2D eigenvalue weighted by molar-refractivity contribution is 9.10. The molecule has 39 heavy (non-hydrogen) atoms. The second-order valence-electron chi connectivity index (χ2n) is 8.69. The van der Waals surface area contributed by atoms with Crippen molar-refractivity contribution in [3.8, 4) is 5.75 Å². The van der Waals surface area contributed by atoms with E-state index in [4.69, 9.17) is 9.84 Å². The highest BCUT2D eigenvalue weighted by atomic mass is 79.9. The number of rotatable bonds is 9. The van der Waals surface area contributed by atoms with Crippen molar-refractivity contribution in [1.29, 1.82) is 0 Å². The van der Waals surface area contributed by atoms with Gasteiger partial charge in [0.25, 0.3) is 5.56 Å². The van der Waals surface area contributed by atoms with Crippen LogP contribution in [-0.4, -0.2) is 31.9 Å². The van der Waals surface area contributed by atoms with Crippen molar-refractivity contribution < 1.29 is 19.6 Å². The number of nitrogens with zero attached hydrogens (tertiary/aromatic N) is 4. The predicted octanol–water partition coefficient (Wildman–Crippen LogP) is 6.50. The van der Waals surface area contributed by atoms with E-state index in [1.54, 1.807) is 30.3 Å². The molecule has 0 aliphatic carbocycles. The van der Waals surface area contributed by atoms with Crippen LogP contribution in [0, 0.1) is 10.1 Å². The Bertz CT molecular complexity index is 1670. The van der Waals surface area contributed by atoms with Crippen LogP contribution in [-0.2, 0) is 6.61 Å². The van der Waals surface area contributed by atoms with Gasteiger partial charge >= 0.3 is 11.7 Å². The molecule has 1 heterocycles. The molecule has 0 unspecified atom stereocenters. The SMILES string of the molecule is CC[C@@H](C)c1nc2ccc(Br)cc2c(=O)n1N=Cc1cc(Br)cc([N+](=O)[O-])c1OCc1ccc(C(=O)O)cc1. The minimum Gasteiger partial charge on any atom is -0.481 e. The van der Waals surface area contributed by atoms with Crippen LogP contribution >= 0.6 is 31.9 Å². The maximum atomic E-state index is 13.5. The van der Waals surface area contributed by atoms with Crippen molar-refractivity contribution in [3.63, 3.8) is 0 Å². The Morgan fingerprint density at radius 3 is 2.54 bits per heavy atom. The van der Waals surface area contributed by atoms with Gasteiger partial charge < -0.3 is 9.84 Å². The van der Waals surface area contributed by atoms with Gasteiger partial charge in [0.2, 0.25) is 5.75 Å². The van der Waals surface area contributed by atoms with Gasteiger partial charge in [-0.2, -0.15) is 9.78 Å². The van der Waals surface area contributed by atoms with Crippen molar-refractivity contribution in [1.82, 2.24) is 9.66 Å². The van der Waals surface area contributed by atoms with Crippen molar-refractivity contribution >= 4 is 60.6 Å². The molecule has 12 heteroatoms. The lowest BCUT2D eigenvalue weighted by atomic mass is 10.1. The standard InChI is InChI=1S/C27H22Br2N4O6/c1-3-15(2)25-31-22-9-8-19(28)11-21(22)26(34)32(25)30-13-18-10-20(29)12-23(33(37)38)24(18)39-14-16-4-6-17(7-5-16)27(35)36/h4-13,15H,3,14H2,1-2H3,(H,35,36)/t15-/m1/s1. The number of nitro benzene ring substituents is 1. The highest BCUT2D eigenvalue weighted by Crippen LogP contribution is 2.34. The van der Waals surface area contributed by atoms with E-state index in [-0.39, 0.29) is 40.6 Å². The molecule has 0 spiro atoms. The fraction of sp³-hybridized carbons (Fsp3) is 0.185. The topological polar surface area (TPSA) is 137 Å². The van der Waals surface area contributed by atoms with Gasteiger partial charge in [-0.15, -0.1) is 0 Å². The molecule has 200 valence electrons. The number of carboxylic acids is 1. The minimum atomic E-state index is -1.06. The Hall–Kier alpha value is -3.90. The molecular formula is C27H22Br2N4O6. The lowest BCUT2D eigenvalue weighted by Crippen LogP contribution is -2.23. The summed E-state index contributed by atoms with van der Waals surface area (Å²) < 4.78 is 8.21. The number of ether oxygens (including phenoxy) is 1. The van der Waals surface area contributed by atoms with Crippen molar-refractivity contribution in [2.45, 2.75) is 32.8 Å². The summed E-state index contributed by atoms with van der Waals surface area (Å²) >= 11 is 6.69. The van der Waals surface area contributed by atoms with Crippen LogP contribution in [0.4, 0.5) is 5.69 Å². The normalized spacial score (nSPS) is 12.1. The van der Waals surface area contributed by atoms with Gasteiger partial charge in [0.1, 0.15) is 12.4 Å². The first kappa shape index (κ1) is 28.1. The Kier molecular flexibility index (Phi) is 8.56. The second kappa shape index (κ2) is 11.9. The van der Waals surface area contributed by atoms with Gasteiger partial charge in [-0.1, -0.05) is 57.8 Å². The second-order valence-corrected chi connectivity index (χ2v) is 10.5. The lowest BCUT2D eigenvalue weighted by molar-refractivity contribution is -0.386. The molecular weight excluding hydrogens is 636 g/mol. The predicted molar refractivity (Wildman–Crippen MR) is 154 cm³/mol. The summed E-state index contributed by atoms with van der Waals surface area (Å²) in [5.74, 6) is -0.751. The van der Waals surface area contributed by atoms with E-state index in [0.29, 0.717) is 33.2 Å². The average Bonchev–Trinajstić information content (AvgIpc) is 2.91. The summed E-state index contributed by atoms with van der Waals surface area (Å²) in [6, 6.07) is 14.1. The summed E-state index contributed by atoms with van der Waals surface area (Å²) in [6.45, 7) is 3.85. The number of aromatic carboxylic acids is 1. The molecule has 4 aromatic rings. The monoisotopic (exact) mass is 656 g/mol. The molecule has 0 fully saturated rings. The summed E-state index contributed by atoms with van der Waals surface area (Å²) in [4.78, 5) is 40.6. The van der Waals surface area contributed by atoms with Crippen LogP contribution in [0.15, 0.2) is 73.4 Å². The zero-order chi connectivity index (χ0) is 28.3. The van der Waals surface area contributed by atoms with Crippen LogP contribution < -0.4 is 10.3 Å². The van der Waals surface area contributed by atoms with E-state index in [0.717, 1.165) is 4.47 Å². The maximum absolute atomic E-state index is 13.5. The molecule has 1 N–H and O–H groups in total. The fourth-order valence-electron chi connectivity index (χ4n) is 3.79. The third kappa shape index (κ3) is 6.23. The number of carboxylic acid groups (broad SMARTS) is 1. The average molecular weight is 658 g/mol. The van der Waals surface area contributed by atoms with E-state index < -0.39 is 10.9 Å². The molecule has 0 amide bonds. The van der Waals surface area contributed by atoms with Crippen LogP contribution in [0.25, 0.3) is 10.9 Å². The van der Waals surface area contributed by atoms with Gasteiger partial charge in [-0.25, -0.2) is 9.78 Å². The van der Waals surface area contributed by atoms with E-state index in [1.165, 1.54) is 29.1 Å². The molecule has 10 nitrogen and oxygen atoms in total. The smallest absolute Gasteiger partial charge is 0.335 e. The van der Waals surface area contributed by atoms with E-state index in [9.17, 15) is 19.7 Å². The van der Waals surface area contributed by atoms with E-state index in [1.807, 2.05) is 19.9 Å². The molecule has 4 rings (SSSR count). The van der Waals surface area contributed by atoms with Gasteiger partial charge in [0, 0.05) is 26.5 Å². The number of halogens is 2. The Morgan fingerprint density at radius 2 is 1.90 bits per heavy atom. The zero-order valence-electron chi connectivity index (χ0n) is 20.8. The van der Waals surface area contributed by atoms with Crippen LogP contribution in [0.1, 0.15) is 53.5 Å². The molecule has 0 aliphatic heterocycles. The number of hydrogen-bond acceptors (Lipinski definition) is 7. The third-order valence-electron chi connectivity index (χ3n) is 6.04. The molecule has 3 aromatic carbocycles. The number of fused-ring (bicyclic) bond motifs is 1. The van der Waals surface area contributed by atoms with Crippen molar-refractivity contribution in [3.05, 3.63) is 107 Å². The molecule has 0 saturated carbocycles. The quantitative estimate of drug-likeness (QED) is 0.123. The summed E-state index contributed by atoms with van der Waals surface area (Å²) in [7, 11) is 0. The molecule has 1 aromatic heterocycles. The first-order valence-electron chi connectivity index (χ1n) is 11.8. The summed E-state index contributed by atoms with van der Waals surface area (Å²) in [6.07, 6.45) is 2.04. The molecule has 0 saturated heterocycles. The molecule has 0 bridgehead atoms. The number of aromatic nitrogens is 2. The number of carbonyl (C=O) groups is 1. The van der Waals surface area contributed by atoms with E-state index in [2.05, 4.69) is 41.9 Å². The molecule has 0 aliphatic rings. The first-order chi connectivity index (χ1) is 18.6. The van der Waals surface area contributed by atoms with Gasteiger partial charge in [0.15, 0.2) is 0 Å². The third-order valence-corrected chi connectivity index (χ3v) is 6.99. The van der Waals surface area contributed by atoms with Crippen LogP contribution in [0.2, 0.25) is 0 Å². The van der Waals surface area contributed by atoms with E-state index >= 15 is 0 Å². The highest BCUT2D eigenvalue weighted by Gasteiger charge is 2.22. The van der Waals surface area contributed by atoms with Crippen molar-refractivity contribution in [2.75, 3.05) is 0 Å².